The second-order valence-corrected chi connectivity index (χ2v) is 7.54. The fraction of sp³-hybridized carbons (Fsp3) is 0.562. The van der Waals surface area contributed by atoms with Crippen LogP contribution in [0.3, 0.4) is 0 Å². The van der Waals surface area contributed by atoms with Gasteiger partial charge < -0.3 is 10.6 Å². The van der Waals surface area contributed by atoms with Gasteiger partial charge in [0.2, 0.25) is 10.0 Å². The molecule has 0 spiro atoms. The molecule has 1 aromatic carbocycles. The van der Waals surface area contributed by atoms with Crippen molar-refractivity contribution in [3.05, 3.63) is 29.8 Å². The Kier molecular flexibility index (Phi) is 5.78. The van der Waals surface area contributed by atoms with Gasteiger partial charge in [0.25, 0.3) is 5.91 Å². The Bertz CT molecular complexity index is 639. The lowest BCUT2D eigenvalue weighted by Crippen LogP contribution is -2.39. The summed E-state index contributed by atoms with van der Waals surface area (Å²) in [6.07, 6.45) is 1.63. The maximum Gasteiger partial charge on any atom is 0.253 e. The lowest BCUT2D eigenvalue weighted by molar-refractivity contribution is 0.0773. The molecule has 0 bridgehead atoms. The normalized spacial score (nSPS) is 19.0. The van der Waals surface area contributed by atoms with E-state index in [2.05, 4.69) is 0 Å². The number of sulfonamides is 1. The van der Waals surface area contributed by atoms with E-state index in [-0.39, 0.29) is 16.8 Å². The van der Waals surface area contributed by atoms with Gasteiger partial charge in [-0.3, -0.25) is 4.79 Å². The molecule has 1 atom stereocenters. The molecule has 1 fully saturated rings. The highest BCUT2D eigenvalue weighted by atomic mass is 32.2. The van der Waals surface area contributed by atoms with Crippen molar-refractivity contribution in [2.24, 2.45) is 5.73 Å². The SMILES string of the molecule is CCN(CC)C(=O)c1ccc(S(=O)(=O)N2CCCC2CN)cc1. The van der Waals surface area contributed by atoms with Gasteiger partial charge in [0.15, 0.2) is 0 Å². The van der Waals surface area contributed by atoms with Crippen LogP contribution in [-0.4, -0.2) is 55.8 Å². The van der Waals surface area contributed by atoms with Gasteiger partial charge in [-0.05, 0) is 51.0 Å². The standard InChI is InChI=1S/C16H25N3O3S/c1-3-18(4-2)16(20)13-7-9-15(10-8-13)23(21,22)19-11-5-6-14(19)12-17/h7-10,14H,3-6,11-12,17H2,1-2H3. The van der Waals surface area contributed by atoms with Gasteiger partial charge in [-0.1, -0.05) is 0 Å². The highest BCUT2D eigenvalue weighted by Crippen LogP contribution is 2.25. The summed E-state index contributed by atoms with van der Waals surface area (Å²) in [6, 6.07) is 6.06. The van der Waals surface area contributed by atoms with Crippen molar-refractivity contribution in [2.75, 3.05) is 26.2 Å². The first-order valence-corrected chi connectivity index (χ1v) is 9.51. The van der Waals surface area contributed by atoms with E-state index in [4.69, 9.17) is 5.73 Å². The Morgan fingerprint density at radius 1 is 1.26 bits per heavy atom. The van der Waals surface area contributed by atoms with Crippen LogP contribution in [0.2, 0.25) is 0 Å². The van der Waals surface area contributed by atoms with E-state index < -0.39 is 10.0 Å². The maximum atomic E-state index is 12.7. The number of nitrogens with zero attached hydrogens (tertiary/aromatic N) is 2. The number of carbonyl (C=O) groups is 1. The van der Waals surface area contributed by atoms with Crippen LogP contribution < -0.4 is 5.73 Å². The zero-order chi connectivity index (χ0) is 17.0. The molecule has 0 radical (unpaired) electrons. The first kappa shape index (κ1) is 17.9. The summed E-state index contributed by atoms with van der Waals surface area (Å²) in [5.74, 6) is -0.0834. The predicted octanol–water partition coefficient (Wildman–Crippen LogP) is 1.28. The quantitative estimate of drug-likeness (QED) is 0.846. The minimum atomic E-state index is -3.55. The van der Waals surface area contributed by atoms with E-state index in [1.165, 1.54) is 16.4 Å². The van der Waals surface area contributed by atoms with Crippen LogP contribution in [-0.2, 0) is 10.0 Å². The van der Waals surface area contributed by atoms with Gasteiger partial charge in [-0.15, -0.1) is 0 Å². The first-order chi connectivity index (χ1) is 11.0. The first-order valence-electron chi connectivity index (χ1n) is 8.06. The average molecular weight is 339 g/mol. The summed E-state index contributed by atoms with van der Waals surface area (Å²) in [5.41, 5.74) is 6.17. The van der Waals surface area contributed by atoms with Crippen molar-refractivity contribution in [3.63, 3.8) is 0 Å². The largest absolute Gasteiger partial charge is 0.339 e. The van der Waals surface area contributed by atoms with E-state index >= 15 is 0 Å². The van der Waals surface area contributed by atoms with Gasteiger partial charge in [-0.25, -0.2) is 8.42 Å². The molecule has 1 amide bonds. The van der Waals surface area contributed by atoms with Crippen molar-refractivity contribution < 1.29 is 13.2 Å². The Morgan fingerprint density at radius 2 is 1.87 bits per heavy atom. The second kappa shape index (κ2) is 7.42. The number of hydrogen-bond donors (Lipinski definition) is 1. The molecule has 128 valence electrons. The molecule has 6 nitrogen and oxygen atoms in total. The molecule has 1 aliphatic heterocycles. The van der Waals surface area contributed by atoms with E-state index in [1.807, 2.05) is 13.8 Å². The van der Waals surface area contributed by atoms with Crippen LogP contribution >= 0.6 is 0 Å². The summed E-state index contributed by atoms with van der Waals surface area (Å²) in [4.78, 5) is 14.2. The van der Waals surface area contributed by atoms with Crippen molar-refractivity contribution in [1.29, 1.82) is 0 Å². The summed E-state index contributed by atoms with van der Waals surface area (Å²) >= 11 is 0. The average Bonchev–Trinajstić information content (AvgIpc) is 3.05. The van der Waals surface area contributed by atoms with Crippen molar-refractivity contribution in [3.8, 4) is 0 Å². The van der Waals surface area contributed by atoms with Gasteiger partial charge >= 0.3 is 0 Å². The Hall–Kier alpha value is -1.44. The number of amides is 1. The molecule has 0 aromatic heterocycles. The fourth-order valence-electron chi connectivity index (χ4n) is 2.96. The van der Waals surface area contributed by atoms with Crippen LogP contribution in [0.1, 0.15) is 37.0 Å². The molecule has 1 saturated heterocycles. The fourth-order valence-corrected chi connectivity index (χ4v) is 4.66. The molecule has 1 aliphatic rings. The molecule has 0 saturated carbocycles. The van der Waals surface area contributed by atoms with E-state index in [0.717, 1.165) is 12.8 Å². The van der Waals surface area contributed by atoms with Gasteiger partial charge in [-0.2, -0.15) is 4.31 Å². The number of benzene rings is 1. The molecular weight excluding hydrogens is 314 g/mol. The van der Waals surface area contributed by atoms with Gasteiger partial charge in [0, 0.05) is 37.8 Å². The zero-order valence-electron chi connectivity index (χ0n) is 13.7. The molecule has 2 N–H and O–H groups in total. The molecule has 1 heterocycles. The van der Waals surface area contributed by atoms with Crippen LogP contribution in [0.4, 0.5) is 0 Å². The van der Waals surface area contributed by atoms with E-state index in [0.29, 0.717) is 31.7 Å². The summed E-state index contributed by atoms with van der Waals surface area (Å²) in [7, 11) is -3.55. The molecule has 2 rings (SSSR count). The van der Waals surface area contributed by atoms with Crippen LogP contribution in [0, 0.1) is 0 Å². The lowest BCUT2D eigenvalue weighted by Gasteiger charge is -2.23. The van der Waals surface area contributed by atoms with Crippen molar-refractivity contribution in [2.45, 2.75) is 37.6 Å². The van der Waals surface area contributed by atoms with Gasteiger partial charge in [0.05, 0.1) is 4.90 Å². The third-order valence-corrected chi connectivity index (χ3v) is 6.32. The van der Waals surface area contributed by atoms with Crippen molar-refractivity contribution in [1.82, 2.24) is 9.21 Å². The van der Waals surface area contributed by atoms with E-state index in [1.54, 1.807) is 17.0 Å². The third-order valence-electron chi connectivity index (χ3n) is 4.35. The third kappa shape index (κ3) is 3.57. The van der Waals surface area contributed by atoms with Crippen LogP contribution in [0.25, 0.3) is 0 Å². The lowest BCUT2D eigenvalue weighted by atomic mass is 10.2. The predicted molar refractivity (Wildman–Crippen MR) is 89.7 cm³/mol. The molecule has 0 aliphatic carbocycles. The minimum Gasteiger partial charge on any atom is -0.339 e. The van der Waals surface area contributed by atoms with E-state index in [9.17, 15) is 13.2 Å². The molecular formula is C16H25N3O3S. The highest BCUT2D eigenvalue weighted by Gasteiger charge is 2.34. The Morgan fingerprint density at radius 3 is 2.39 bits per heavy atom. The van der Waals surface area contributed by atoms with Gasteiger partial charge in [0.1, 0.15) is 0 Å². The van der Waals surface area contributed by atoms with Crippen LogP contribution in [0.5, 0.6) is 0 Å². The number of hydrogen-bond acceptors (Lipinski definition) is 4. The number of rotatable bonds is 6. The zero-order valence-corrected chi connectivity index (χ0v) is 14.6. The molecule has 1 unspecified atom stereocenters. The topological polar surface area (TPSA) is 83.7 Å². The minimum absolute atomic E-state index is 0.0834. The molecule has 1 aromatic rings. The number of nitrogens with two attached hydrogens (primary N) is 1. The second-order valence-electron chi connectivity index (χ2n) is 5.65. The monoisotopic (exact) mass is 339 g/mol. The summed E-state index contributed by atoms with van der Waals surface area (Å²) in [5, 5.41) is 0. The Balaban J connectivity index is 2.23. The summed E-state index contributed by atoms with van der Waals surface area (Å²) in [6.45, 7) is 5.92. The van der Waals surface area contributed by atoms with Crippen LogP contribution in [0.15, 0.2) is 29.2 Å². The smallest absolute Gasteiger partial charge is 0.253 e. The summed E-state index contributed by atoms with van der Waals surface area (Å²) < 4.78 is 26.9. The Labute approximate surface area is 138 Å². The van der Waals surface area contributed by atoms with Crippen molar-refractivity contribution >= 4 is 15.9 Å². The molecule has 23 heavy (non-hydrogen) atoms. The number of carbonyl (C=O) groups excluding carboxylic acids is 1. The highest BCUT2D eigenvalue weighted by molar-refractivity contribution is 7.89. The maximum absolute atomic E-state index is 12.7. The molecule has 7 heteroatoms.